The molecule has 0 aliphatic carbocycles. The van der Waals surface area contributed by atoms with E-state index in [1.165, 1.54) is 11.8 Å². The quantitative estimate of drug-likeness (QED) is 0.303. The number of anilines is 1. The second-order valence-corrected chi connectivity index (χ2v) is 9.28. The number of thiazole rings is 1. The van der Waals surface area contributed by atoms with Crippen LogP contribution in [0.1, 0.15) is 0 Å². The molecule has 1 heterocycles. The van der Waals surface area contributed by atoms with Crippen LogP contribution in [0.3, 0.4) is 0 Å². The Morgan fingerprint density at radius 2 is 1.52 bits per heavy atom. The maximum Gasteiger partial charge on any atom is 0.234 e. The van der Waals surface area contributed by atoms with E-state index in [4.69, 9.17) is 4.98 Å². The number of nitrogens with one attached hydrogen (secondary N) is 1. The Morgan fingerprint density at radius 1 is 0.897 bits per heavy atom. The van der Waals surface area contributed by atoms with Crippen molar-refractivity contribution in [3.05, 3.63) is 89.4 Å². The number of rotatable bonds is 6. The second-order valence-electron chi connectivity index (χ2n) is 6.21. The Hall–Kier alpha value is -2.41. The molecule has 29 heavy (non-hydrogen) atoms. The number of hydrogen-bond acceptors (Lipinski definition) is 4. The first-order valence-corrected chi connectivity index (χ1v) is 11.6. The summed E-state index contributed by atoms with van der Waals surface area (Å²) in [6, 6.07) is 28.0. The molecule has 4 rings (SSSR count). The smallest absolute Gasteiger partial charge is 0.234 e. The number of para-hydroxylation sites is 1. The maximum absolute atomic E-state index is 12.4. The van der Waals surface area contributed by atoms with Crippen molar-refractivity contribution in [2.75, 3.05) is 11.1 Å². The lowest BCUT2D eigenvalue weighted by atomic mass is 10.1. The van der Waals surface area contributed by atoms with Crippen LogP contribution in [0, 0.1) is 0 Å². The summed E-state index contributed by atoms with van der Waals surface area (Å²) in [6.45, 7) is 0. The van der Waals surface area contributed by atoms with E-state index in [2.05, 4.69) is 45.5 Å². The van der Waals surface area contributed by atoms with Crippen LogP contribution < -0.4 is 5.32 Å². The number of aromatic nitrogens is 1. The zero-order chi connectivity index (χ0) is 20.1. The maximum atomic E-state index is 12.4. The van der Waals surface area contributed by atoms with Gasteiger partial charge in [0.2, 0.25) is 5.91 Å². The van der Waals surface area contributed by atoms with Gasteiger partial charge in [-0.15, -0.1) is 11.3 Å². The number of amides is 1. The second kappa shape index (κ2) is 9.39. The fraction of sp³-hybridized carbons (Fsp3) is 0.0435. The molecule has 0 radical (unpaired) electrons. The molecule has 0 atom stereocenters. The lowest BCUT2D eigenvalue weighted by Gasteiger charge is -2.05. The monoisotopic (exact) mass is 480 g/mol. The molecule has 0 saturated carbocycles. The van der Waals surface area contributed by atoms with Gasteiger partial charge >= 0.3 is 0 Å². The number of hydrogen-bond donors (Lipinski definition) is 1. The Balaban J connectivity index is 1.54. The van der Waals surface area contributed by atoms with E-state index < -0.39 is 0 Å². The number of benzene rings is 3. The van der Waals surface area contributed by atoms with E-state index in [1.54, 1.807) is 11.3 Å². The Morgan fingerprint density at radius 3 is 2.21 bits per heavy atom. The highest BCUT2D eigenvalue weighted by atomic mass is 79.9. The number of carbonyl (C=O) groups excluding carboxylic acids is 1. The van der Waals surface area contributed by atoms with E-state index in [0.29, 0.717) is 5.75 Å². The van der Waals surface area contributed by atoms with Gasteiger partial charge < -0.3 is 5.32 Å². The van der Waals surface area contributed by atoms with Crippen LogP contribution in [0.4, 0.5) is 5.69 Å². The summed E-state index contributed by atoms with van der Waals surface area (Å²) in [5, 5.41) is 2.94. The minimum Gasteiger partial charge on any atom is -0.324 e. The van der Waals surface area contributed by atoms with Gasteiger partial charge in [0.05, 0.1) is 22.0 Å². The molecular weight excluding hydrogens is 464 g/mol. The van der Waals surface area contributed by atoms with Crippen molar-refractivity contribution in [3.8, 4) is 21.7 Å². The summed E-state index contributed by atoms with van der Waals surface area (Å²) < 4.78 is 1.75. The van der Waals surface area contributed by atoms with E-state index in [-0.39, 0.29) is 5.91 Å². The van der Waals surface area contributed by atoms with Crippen molar-refractivity contribution in [2.24, 2.45) is 0 Å². The molecule has 1 aromatic heterocycles. The minimum atomic E-state index is -0.0559. The third kappa shape index (κ3) is 4.96. The molecule has 4 aromatic rings. The first-order valence-electron chi connectivity index (χ1n) is 8.99. The molecule has 1 N–H and O–H groups in total. The lowest BCUT2D eigenvalue weighted by Crippen LogP contribution is -2.14. The van der Waals surface area contributed by atoms with Crippen LogP contribution in [0.2, 0.25) is 0 Å². The summed E-state index contributed by atoms with van der Waals surface area (Å²) in [7, 11) is 0. The third-order valence-electron chi connectivity index (χ3n) is 4.17. The van der Waals surface area contributed by atoms with Crippen molar-refractivity contribution in [2.45, 2.75) is 4.34 Å². The van der Waals surface area contributed by atoms with E-state index in [9.17, 15) is 4.79 Å². The zero-order valence-electron chi connectivity index (χ0n) is 15.3. The Labute approximate surface area is 186 Å². The molecule has 144 valence electrons. The first kappa shape index (κ1) is 19.9. The largest absolute Gasteiger partial charge is 0.324 e. The molecule has 3 aromatic carbocycles. The van der Waals surface area contributed by atoms with E-state index in [1.807, 2.05) is 60.7 Å². The van der Waals surface area contributed by atoms with Gasteiger partial charge in [0.15, 0.2) is 4.34 Å². The van der Waals surface area contributed by atoms with Crippen molar-refractivity contribution >= 4 is 50.6 Å². The topological polar surface area (TPSA) is 42.0 Å². The Bertz CT molecular complexity index is 1060. The highest BCUT2D eigenvalue weighted by Gasteiger charge is 2.16. The highest BCUT2D eigenvalue weighted by Crippen LogP contribution is 2.40. The van der Waals surface area contributed by atoms with Gasteiger partial charge in [-0.2, -0.15) is 0 Å². The number of carbonyl (C=O) groups is 1. The van der Waals surface area contributed by atoms with Crippen molar-refractivity contribution in [1.29, 1.82) is 0 Å². The standard InChI is InChI=1S/C23H17BrN2OS2/c24-18-13-7-8-14-19(18)25-20(27)15-28-23-26-21(16-9-3-1-4-10-16)22(29-23)17-11-5-2-6-12-17/h1-14H,15H2,(H,25,27). The molecule has 0 saturated heterocycles. The van der Waals surface area contributed by atoms with Gasteiger partial charge in [0, 0.05) is 10.0 Å². The highest BCUT2D eigenvalue weighted by molar-refractivity contribution is 9.10. The van der Waals surface area contributed by atoms with Crippen molar-refractivity contribution in [3.63, 3.8) is 0 Å². The molecular formula is C23H17BrN2OS2. The number of nitrogens with zero attached hydrogens (tertiary/aromatic N) is 1. The van der Waals surface area contributed by atoms with Crippen LogP contribution >= 0.6 is 39.0 Å². The summed E-state index contributed by atoms with van der Waals surface area (Å²) in [5.41, 5.74) is 3.93. The molecule has 0 aliphatic rings. The summed E-state index contributed by atoms with van der Waals surface area (Å²) in [5.74, 6) is 0.247. The molecule has 6 heteroatoms. The average Bonchev–Trinajstić information content (AvgIpc) is 3.20. The van der Waals surface area contributed by atoms with E-state index in [0.717, 1.165) is 36.2 Å². The molecule has 0 unspecified atom stereocenters. The van der Waals surface area contributed by atoms with Crippen LogP contribution in [0.5, 0.6) is 0 Å². The first-order chi connectivity index (χ1) is 14.2. The Kier molecular flexibility index (Phi) is 6.44. The van der Waals surface area contributed by atoms with Crippen molar-refractivity contribution in [1.82, 2.24) is 4.98 Å². The summed E-state index contributed by atoms with van der Waals surface area (Å²) in [6.07, 6.45) is 0. The molecule has 0 spiro atoms. The normalized spacial score (nSPS) is 10.7. The van der Waals surface area contributed by atoms with Crippen LogP contribution in [-0.2, 0) is 4.79 Å². The third-order valence-corrected chi connectivity index (χ3v) is 7.10. The average molecular weight is 481 g/mol. The van der Waals surface area contributed by atoms with E-state index >= 15 is 0 Å². The van der Waals surface area contributed by atoms with Crippen LogP contribution in [0.15, 0.2) is 93.7 Å². The van der Waals surface area contributed by atoms with Crippen LogP contribution in [-0.4, -0.2) is 16.6 Å². The SMILES string of the molecule is O=C(CSc1nc(-c2ccccc2)c(-c2ccccc2)s1)Nc1ccccc1Br. The van der Waals surface area contributed by atoms with Gasteiger partial charge in [-0.05, 0) is 33.6 Å². The fourth-order valence-electron chi connectivity index (χ4n) is 2.82. The number of thioether (sulfide) groups is 1. The minimum absolute atomic E-state index is 0.0559. The van der Waals surface area contributed by atoms with Gasteiger partial charge in [-0.1, -0.05) is 84.6 Å². The molecule has 0 bridgehead atoms. The van der Waals surface area contributed by atoms with Crippen molar-refractivity contribution < 1.29 is 4.79 Å². The molecule has 0 aliphatic heterocycles. The summed E-state index contributed by atoms with van der Waals surface area (Å²) in [4.78, 5) is 18.4. The predicted molar refractivity (Wildman–Crippen MR) is 126 cm³/mol. The van der Waals surface area contributed by atoms with Gasteiger partial charge in [-0.3, -0.25) is 4.79 Å². The van der Waals surface area contributed by atoms with Gasteiger partial charge in [-0.25, -0.2) is 4.98 Å². The molecule has 0 fully saturated rings. The fourth-order valence-corrected chi connectivity index (χ4v) is 5.17. The predicted octanol–water partition coefficient (Wildman–Crippen LogP) is 6.97. The lowest BCUT2D eigenvalue weighted by molar-refractivity contribution is -0.113. The van der Waals surface area contributed by atoms with Gasteiger partial charge in [0.1, 0.15) is 0 Å². The zero-order valence-corrected chi connectivity index (χ0v) is 18.6. The number of halogens is 1. The van der Waals surface area contributed by atoms with Gasteiger partial charge in [0.25, 0.3) is 0 Å². The molecule has 1 amide bonds. The molecule has 3 nitrogen and oxygen atoms in total. The van der Waals surface area contributed by atoms with Crippen LogP contribution in [0.25, 0.3) is 21.7 Å². The summed E-state index contributed by atoms with van der Waals surface area (Å²) >= 11 is 6.53.